The molecular weight excluding hydrogens is 172 g/mol. The summed E-state index contributed by atoms with van der Waals surface area (Å²) in [6.45, 7) is 2.18. The zero-order valence-electron chi connectivity index (χ0n) is 8.08. The molecular formula is C10H17F2N. The van der Waals surface area contributed by atoms with Crippen LogP contribution in [0, 0.1) is 5.92 Å². The topological polar surface area (TPSA) is 12.0 Å². The predicted molar refractivity (Wildman–Crippen MR) is 47.9 cm³/mol. The van der Waals surface area contributed by atoms with Gasteiger partial charge in [-0.3, -0.25) is 0 Å². The highest BCUT2D eigenvalue weighted by molar-refractivity contribution is 5.07. The van der Waals surface area contributed by atoms with E-state index in [2.05, 4.69) is 5.32 Å². The maximum atomic E-state index is 13.6. The van der Waals surface area contributed by atoms with E-state index in [0.717, 1.165) is 25.7 Å². The van der Waals surface area contributed by atoms with E-state index in [4.69, 9.17) is 0 Å². The molecule has 1 N–H and O–H groups in total. The lowest BCUT2D eigenvalue weighted by Gasteiger charge is -2.36. The summed E-state index contributed by atoms with van der Waals surface area (Å²) in [6, 6.07) is 0. The maximum absolute atomic E-state index is 13.6. The van der Waals surface area contributed by atoms with Crippen molar-refractivity contribution in [1.82, 2.24) is 5.32 Å². The molecule has 13 heavy (non-hydrogen) atoms. The Hall–Kier alpha value is -0.180. The molecule has 0 aromatic carbocycles. The molecule has 2 fully saturated rings. The summed E-state index contributed by atoms with van der Waals surface area (Å²) in [5, 5.41) is 3.02. The number of hydrogen-bond acceptors (Lipinski definition) is 1. The fourth-order valence-electron chi connectivity index (χ4n) is 2.81. The minimum atomic E-state index is -2.50. The molecule has 1 saturated carbocycles. The van der Waals surface area contributed by atoms with Crippen LogP contribution in [0.25, 0.3) is 0 Å². The average Bonchev–Trinajstić information content (AvgIpc) is 2.61. The SMILES string of the molecule is CC1(C2CCCC2)NCCC1(F)F. The van der Waals surface area contributed by atoms with Crippen LogP contribution in [0.15, 0.2) is 0 Å². The highest BCUT2D eigenvalue weighted by atomic mass is 19.3. The highest BCUT2D eigenvalue weighted by Crippen LogP contribution is 2.46. The Kier molecular flexibility index (Phi) is 2.10. The van der Waals surface area contributed by atoms with Crippen molar-refractivity contribution in [3.05, 3.63) is 0 Å². The molecule has 0 aromatic rings. The maximum Gasteiger partial charge on any atom is 0.267 e. The molecule has 0 radical (unpaired) electrons. The minimum Gasteiger partial charge on any atom is -0.306 e. The first-order chi connectivity index (χ1) is 6.06. The van der Waals surface area contributed by atoms with Crippen LogP contribution >= 0.6 is 0 Å². The molecule has 1 nitrogen and oxygen atoms in total. The first kappa shape index (κ1) is 9.38. The molecule has 76 valence electrons. The second kappa shape index (κ2) is 2.91. The first-order valence-electron chi connectivity index (χ1n) is 5.19. The normalized spacial score (nSPS) is 39.9. The van der Waals surface area contributed by atoms with Gasteiger partial charge in [-0.2, -0.15) is 0 Å². The third kappa shape index (κ3) is 1.28. The molecule has 1 heterocycles. The van der Waals surface area contributed by atoms with Crippen molar-refractivity contribution in [3.63, 3.8) is 0 Å². The van der Waals surface area contributed by atoms with Crippen LogP contribution in [-0.4, -0.2) is 18.0 Å². The molecule has 0 bridgehead atoms. The van der Waals surface area contributed by atoms with Crippen LogP contribution < -0.4 is 5.32 Å². The lowest BCUT2D eigenvalue weighted by atomic mass is 9.80. The molecule has 3 heteroatoms. The monoisotopic (exact) mass is 189 g/mol. The van der Waals surface area contributed by atoms with Gasteiger partial charge in [-0.15, -0.1) is 0 Å². The highest BCUT2D eigenvalue weighted by Gasteiger charge is 2.57. The third-order valence-corrected chi connectivity index (χ3v) is 3.86. The number of rotatable bonds is 1. The van der Waals surface area contributed by atoms with Crippen molar-refractivity contribution in [3.8, 4) is 0 Å². The first-order valence-corrected chi connectivity index (χ1v) is 5.19. The van der Waals surface area contributed by atoms with E-state index in [0.29, 0.717) is 6.54 Å². The molecule has 1 saturated heterocycles. The van der Waals surface area contributed by atoms with Gasteiger partial charge in [0.2, 0.25) is 0 Å². The van der Waals surface area contributed by atoms with Crippen molar-refractivity contribution in [2.24, 2.45) is 5.92 Å². The van der Waals surface area contributed by atoms with Crippen molar-refractivity contribution < 1.29 is 8.78 Å². The standard InChI is InChI=1S/C10H17F2N/c1-9(8-4-2-3-5-8)10(11,12)6-7-13-9/h8,13H,2-7H2,1H3. The van der Waals surface area contributed by atoms with Crippen LogP contribution in [0.3, 0.4) is 0 Å². The quantitative estimate of drug-likeness (QED) is 0.668. The third-order valence-electron chi connectivity index (χ3n) is 3.86. The molecule has 0 spiro atoms. The van der Waals surface area contributed by atoms with Gasteiger partial charge in [-0.05, 0) is 25.7 Å². The van der Waals surface area contributed by atoms with E-state index in [1.54, 1.807) is 6.92 Å². The molecule has 1 aliphatic carbocycles. The largest absolute Gasteiger partial charge is 0.306 e. The van der Waals surface area contributed by atoms with E-state index in [1.165, 1.54) is 0 Å². The summed E-state index contributed by atoms with van der Waals surface area (Å²) in [4.78, 5) is 0. The van der Waals surface area contributed by atoms with Crippen LogP contribution in [0.1, 0.15) is 39.0 Å². The second-order valence-electron chi connectivity index (χ2n) is 4.56. The Balaban J connectivity index is 2.17. The van der Waals surface area contributed by atoms with Crippen LogP contribution in [-0.2, 0) is 0 Å². The molecule has 2 aliphatic rings. The molecule has 2 rings (SSSR count). The minimum absolute atomic E-state index is 0.0139. The van der Waals surface area contributed by atoms with Gasteiger partial charge in [-0.1, -0.05) is 12.8 Å². The Morgan fingerprint density at radius 1 is 1.23 bits per heavy atom. The lowest BCUT2D eigenvalue weighted by Crippen LogP contribution is -2.54. The Morgan fingerprint density at radius 3 is 2.31 bits per heavy atom. The van der Waals surface area contributed by atoms with Gasteiger partial charge in [0.05, 0.1) is 5.54 Å². The summed E-state index contributed by atoms with van der Waals surface area (Å²) in [6.07, 6.45) is 4.20. The van der Waals surface area contributed by atoms with Crippen LogP contribution in [0.5, 0.6) is 0 Å². The molecule has 0 amide bonds. The van der Waals surface area contributed by atoms with Gasteiger partial charge in [0.15, 0.2) is 0 Å². The lowest BCUT2D eigenvalue weighted by molar-refractivity contribution is -0.0760. The predicted octanol–water partition coefficient (Wildman–Crippen LogP) is 2.56. The van der Waals surface area contributed by atoms with Gasteiger partial charge in [0.1, 0.15) is 0 Å². The van der Waals surface area contributed by atoms with Crippen molar-refractivity contribution in [2.45, 2.75) is 50.5 Å². The Morgan fingerprint density at radius 2 is 1.85 bits per heavy atom. The zero-order valence-corrected chi connectivity index (χ0v) is 8.08. The van der Waals surface area contributed by atoms with E-state index in [1.807, 2.05) is 0 Å². The molecule has 1 atom stereocenters. The van der Waals surface area contributed by atoms with Crippen molar-refractivity contribution in [2.75, 3.05) is 6.54 Å². The summed E-state index contributed by atoms with van der Waals surface area (Å²) in [5.74, 6) is -2.31. The fourth-order valence-corrected chi connectivity index (χ4v) is 2.81. The van der Waals surface area contributed by atoms with Gasteiger partial charge < -0.3 is 5.32 Å². The smallest absolute Gasteiger partial charge is 0.267 e. The number of halogens is 2. The van der Waals surface area contributed by atoms with Gasteiger partial charge >= 0.3 is 0 Å². The molecule has 1 unspecified atom stereocenters. The zero-order chi connectivity index (χ0) is 9.53. The van der Waals surface area contributed by atoms with Gasteiger partial charge in [0, 0.05) is 13.0 Å². The second-order valence-corrected chi connectivity index (χ2v) is 4.56. The number of alkyl halides is 2. The van der Waals surface area contributed by atoms with Crippen molar-refractivity contribution >= 4 is 0 Å². The van der Waals surface area contributed by atoms with Crippen LogP contribution in [0.4, 0.5) is 8.78 Å². The Bertz CT molecular complexity index is 199. The summed E-state index contributed by atoms with van der Waals surface area (Å²) < 4.78 is 27.2. The van der Waals surface area contributed by atoms with Crippen molar-refractivity contribution in [1.29, 1.82) is 0 Å². The summed E-state index contributed by atoms with van der Waals surface area (Å²) in [7, 11) is 0. The fraction of sp³-hybridized carbons (Fsp3) is 1.00. The van der Waals surface area contributed by atoms with E-state index >= 15 is 0 Å². The Labute approximate surface area is 77.9 Å². The molecule has 1 aliphatic heterocycles. The van der Waals surface area contributed by atoms with E-state index < -0.39 is 11.5 Å². The summed E-state index contributed by atoms with van der Waals surface area (Å²) in [5.41, 5.74) is -0.913. The summed E-state index contributed by atoms with van der Waals surface area (Å²) >= 11 is 0. The van der Waals surface area contributed by atoms with E-state index in [9.17, 15) is 8.78 Å². The molecule has 0 aromatic heterocycles. The number of hydrogen-bond donors (Lipinski definition) is 1. The number of nitrogens with one attached hydrogen (secondary N) is 1. The van der Waals surface area contributed by atoms with E-state index in [-0.39, 0.29) is 12.3 Å². The van der Waals surface area contributed by atoms with Crippen LogP contribution in [0.2, 0.25) is 0 Å². The van der Waals surface area contributed by atoms with Gasteiger partial charge in [-0.25, -0.2) is 8.78 Å². The average molecular weight is 189 g/mol. The van der Waals surface area contributed by atoms with Gasteiger partial charge in [0.25, 0.3) is 5.92 Å².